The molecule has 0 aliphatic heterocycles. The SMILES string of the molecule is CC(=O)Nc1ccc(OCC(O)Cn2cnc3cc(F)ccc3c2=O)cc1. The summed E-state index contributed by atoms with van der Waals surface area (Å²) in [7, 11) is 0. The molecule has 1 unspecified atom stereocenters. The Balaban J connectivity index is 1.62. The summed E-state index contributed by atoms with van der Waals surface area (Å²) >= 11 is 0. The third kappa shape index (κ3) is 4.68. The van der Waals surface area contributed by atoms with Gasteiger partial charge in [0.2, 0.25) is 5.91 Å². The minimum atomic E-state index is -0.947. The number of carbonyl (C=O) groups is 1. The molecule has 1 heterocycles. The maximum Gasteiger partial charge on any atom is 0.261 e. The third-order valence-electron chi connectivity index (χ3n) is 3.81. The van der Waals surface area contributed by atoms with Gasteiger partial charge in [0, 0.05) is 18.7 Å². The van der Waals surface area contributed by atoms with Crippen LogP contribution in [0.1, 0.15) is 6.92 Å². The number of nitrogens with one attached hydrogen (secondary N) is 1. The molecule has 2 N–H and O–H groups in total. The summed E-state index contributed by atoms with van der Waals surface area (Å²) in [5.41, 5.74) is 0.542. The number of aliphatic hydroxyl groups excluding tert-OH is 1. The van der Waals surface area contributed by atoms with Gasteiger partial charge >= 0.3 is 0 Å². The number of rotatable bonds is 6. The molecule has 3 rings (SSSR count). The number of halogens is 1. The Bertz CT molecular complexity index is 1020. The fraction of sp³-hybridized carbons (Fsp3) is 0.211. The Morgan fingerprint density at radius 2 is 2.04 bits per heavy atom. The predicted molar refractivity (Wildman–Crippen MR) is 98.2 cm³/mol. The van der Waals surface area contributed by atoms with Gasteiger partial charge < -0.3 is 15.2 Å². The Morgan fingerprint density at radius 1 is 1.30 bits per heavy atom. The van der Waals surface area contributed by atoms with Crippen LogP contribution in [0.15, 0.2) is 53.6 Å². The fourth-order valence-corrected chi connectivity index (χ4v) is 2.57. The molecule has 2 aromatic carbocycles. The number of amides is 1. The zero-order valence-electron chi connectivity index (χ0n) is 14.6. The van der Waals surface area contributed by atoms with Crippen molar-refractivity contribution in [3.05, 3.63) is 65.0 Å². The number of hydrogen-bond acceptors (Lipinski definition) is 5. The highest BCUT2D eigenvalue weighted by Crippen LogP contribution is 2.16. The van der Waals surface area contributed by atoms with Crippen LogP contribution in [-0.4, -0.2) is 33.3 Å². The average Bonchev–Trinajstić information content (AvgIpc) is 2.63. The summed E-state index contributed by atoms with van der Waals surface area (Å²) in [4.78, 5) is 27.4. The van der Waals surface area contributed by atoms with Crippen LogP contribution >= 0.6 is 0 Å². The van der Waals surface area contributed by atoms with Gasteiger partial charge in [0.1, 0.15) is 24.3 Å². The number of aliphatic hydroxyl groups is 1. The number of fused-ring (bicyclic) bond motifs is 1. The number of hydrogen-bond donors (Lipinski definition) is 2. The molecular formula is C19H18FN3O4. The minimum Gasteiger partial charge on any atom is -0.491 e. The number of carbonyl (C=O) groups excluding carboxylic acids is 1. The lowest BCUT2D eigenvalue weighted by molar-refractivity contribution is -0.114. The third-order valence-corrected chi connectivity index (χ3v) is 3.81. The largest absolute Gasteiger partial charge is 0.491 e. The highest BCUT2D eigenvalue weighted by atomic mass is 19.1. The van der Waals surface area contributed by atoms with E-state index in [1.54, 1.807) is 24.3 Å². The Hall–Kier alpha value is -3.26. The summed E-state index contributed by atoms with van der Waals surface area (Å²) in [6.45, 7) is 1.37. The van der Waals surface area contributed by atoms with Crippen molar-refractivity contribution >= 4 is 22.5 Å². The molecule has 0 saturated heterocycles. The molecule has 0 saturated carbocycles. The molecule has 1 amide bonds. The standard InChI is InChI=1S/C19H18FN3O4/c1-12(24)22-14-3-5-16(6-4-14)27-10-15(25)9-23-11-21-18-8-13(20)2-7-17(18)19(23)26/h2-8,11,15,25H,9-10H2,1H3,(H,22,24). The van der Waals surface area contributed by atoms with E-state index in [4.69, 9.17) is 4.74 Å². The summed E-state index contributed by atoms with van der Waals surface area (Å²) in [6.07, 6.45) is 0.327. The van der Waals surface area contributed by atoms with Crippen LogP contribution in [0.3, 0.4) is 0 Å². The average molecular weight is 371 g/mol. The topological polar surface area (TPSA) is 93.4 Å². The first-order chi connectivity index (χ1) is 12.9. The van der Waals surface area contributed by atoms with Crippen LogP contribution in [0.2, 0.25) is 0 Å². The van der Waals surface area contributed by atoms with Crippen LogP contribution in [-0.2, 0) is 11.3 Å². The van der Waals surface area contributed by atoms with Crippen molar-refractivity contribution in [3.63, 3.8) is 0 Å². The summed E-state index contributed by atoms with van der Waals surface area (Å²) < 4.78 is 20.0. The number of ether oxygens (including phenoxy) is 1. The molecule has 27 heavy (non-hydrogen) atoms. The predicted octanol–water partition coefficient (Wildman–Crippen LogP) is 1.93. The fourth-order valence-electron chi connectivity index (χ4n) is 2.57. The van der Waals surface area contributed by atoms with Crippen LogP contribution < -0.4 is 15.6 Å². The van der Waals surface area contributed by atoms with Crippen LogP contribution in [0, 0.1) is 5.82 Å². The van der Waals surface area contributed by atoms with Crippen molar-refractivity contribution in [2.24, 2.45) is 0 Å². The van der Waals surface area contributed by atoms with E-state index in [0.29, 0.717) is 11.4 Å². The first kappa shape index (κ1) is 18.5. The van der Waals surface area contributed by atoms with Crippen LogP contribution in [0.5, 0.6) is 5.75 Å². The van der Waals surface area contributed by atoms with Gasteiger partial charge in [-0.15, -0.1) is 0 Å². The van der Waals surface area contributed by atoms with E-state index >= 15 is 0 Å². The van der Waals surface area contributed by atoms with Crippen LogP contribution in [0.25, 0.3) is 10.9 Å². The number of anilines is 1. The second-order valence-electron chi connectivity index (χ2n) is 6.03. The molecular weight excluding hydrogens is 353 g/mol. The van der Waals surface area contributed by atoms with E-state index in [-0.39, 0.29) is 35.5 Å². The van der Waals surface area contributed by atoms with Gasteiger partial charge in [-0.1, -0.05) is 0 Å². The van der Waals surface area contributed by atoms with Gasteiger partial charge in [-0.3, -0.25) is 14.2 Å². The summed E-state index contributed by atoms with van der Waals surface area (Å²) in [5.74, 6) is -0.121. The smallest absolute Gasteiger partial charge is 0.261 e. The van der Waals surface area contributed by atoms with E-state index in [1.807, 2.05) is 0 Å². The normalized spacial score (nSPS) is 12.0. The van der Waals surface area contributed by atoms with Gasteiger partial charge in [-0.25, -0.2) is 9.37 Å². The molecule has 7 nitrogen and oxygen atoms in total. The van der Waals surface area contributed by atoms with E-state index < -0.39 is 11.9 Å². The maximum absolute atomic E-state index is 13.2. The zero-order valence-corrected chi connectivity index (χ0v) is 14.6. The minimum absolute atomic E-state index is 0.0108. The quantitative estimate of drug-likeness (QED) is 0.691. The highest BCUT2D eigenvalue weighted by molar-refractivity contribution is 5.88. The van der Waals surface area contributed by atoms with Crippen molar-refractivity contribution < 1.29 is 19.0 Å². The van der Waals surface area contributed by atoms with E-state index in [2.05, 4.69) is 10.3 Å². The molecule has 0 radical (unpaired) electrons. The number of aromatic nitrogens is 2. The number of nitrogens with zero attached hydrogens (tertiary/aromatic N) is 2. The van der Waals surface area contributed by atoms with Gasteiger partial charge in [0.05, 0.1) is 23.8 Å². The lowest BCUT2D eigenvalue weighted by Gasteiger charge is -2.14. The van der Waals surface area contributed by atoms with Gasteiger partial charge in [-0.2, -0.15) is 0 Å². The van der Waals surface area contributed by atoms with E-state index in [9.17, 15) is 19.1 Å². The Kier molecular flexibility index (Phi) is 5.46. The molecule has 0 bridgehead atoms. The van der Waals surface area contributed by atoms with Gasteiger partial charge in [0.25, 0.3) is 5.56 Å². The monoisotopic (exact) mass is 371 g/mol. The molecule has 1 aromatic heterocycles. The van der Waals surface area contributed by atoms with Crippen molar-refractivity contribution in [2.75, 3.05) is 11.9 Å². The van der Waals surface area contributed by atoms with Crippen molar-refractivity contribution in [2.45, 2.75) is 19.6 Å². The lowest BCUT2D eigenvalue weighted by atomic mass is 10.2. The molecule has 140 valence electrons. The molecule has 0 spiro atoms. The molecule has 0 aliphatic carbocycles. The van der Waals surface area contributed by atoms with E-state index in [0.717, 1.165) is 0 Å². The van der Waals surface area contributed by atoms with Gasteiger partial charge in [-0.05, 0) is 36.4 Å². The summed E-state index contributed by atoms with van der Waals surface area (Å²) in [6, 6.07) is 10.4. The first-order valence-electron chi connectivity index (χ1n) is 8.25. The Labute approximate surface area is 154 Å². The van der Waals surface area contributed by atoms with E-state index in [1.165, 1.54) is 36.0 Å². The lowest BCUT2D eigenvalue weighted by Crippen LogP contribution is -2.30. The highest BCUT2D eigenvalue weighted by Gasteiger charge is 2.11. The van der Waals surface area contributed by atoms with Crippen LogP contribution in [0.4, 0.5) is 10.1 Å². The number of benzene rings is 2. The second kappa shape index (κ2) is 7.96. The van der Waals surface area contributed by atoms with Crippen molar-refractivity contribution in [3.8, 4) is 5.75 Å². The maximum atomic E-state index is 13.2. The molecule has 3 aromatic rings. The summed E-state index contributed by atoms with van der Waals surface area (Å²) in [5, 5.41) is 13.1. The molecule has 1 atom stereocenters. The molecule has 0 fully saturated rings. The first-order valence-corrected chi connectivity index (χ1v) is 8.25. The second-order valence-corrected chi connectivity index (χ2v) is 6.03. The van der Waals surface area contributed by atoms with Gasteiger partial charge in [0.15, 0.2) is 0 Å². The van der Waals surface area contributed by atoms with Crippen molar-refractivity contribution in [1.82, 2.24) is 9.55 Å². The Morgan fingerprint density at radius 3 is 2.74 bits per heavy atom. The molecule has 0 aliphatic rings. The van der Waals surface area contributed by atoms with Crippen molar-refractivity contribution in [1.29, 1.82) is 0 Å². The molecule has 8 heteroatoms. The zero-order chi connectivity index (χ0) is 19.4.